The molecule has 3 rings (SSSR count). The fraction of sp³-hybridized carbons (Fsp3) is 0.389. The lowest BCUT2D eigenvalue weighted by atomic mass is 9.93. The van der Waals surface area contributed by atoms with Gasteiger partial charge in [0.2, 0.25) is 5.91 Å². The predicted octanol–water partition coefficient (Wildman–Crippen LogP) is 3.36. The number of ether oxygens (including phenoxy) is 1. The fourth-order valence-electron chi connectivity index (χ4n) is 2.66. The van der Waals surface area contributed by atoms with Crippen molar-refractivity contribution in [1.82, 2.24) is 5.32 Å². The molecule has 0 aliphatic heterocycles. The number of rotatable bonds is 6. The molecule has 1 fully saturated rings. The van der Waals surface area contributed by atoms with Crippen LogP contribution in [0, 0.1) is 0 Å². The number of carbonyl (C=O) groups is 1. The number of amides is 1. The van der Waals surface area contributed by atoms with Crippen LogP contribution in [0.5, 0.6) is 5.75 Å². The molecule has 1 amide bonds. The van der Waals surface area contributed by atoms with Crippen LogP contribution in [-0.2, 0) is 4.79 Å². The van der Waals surface area contributed by atoms with Crippen molar-refractivity contribution < 1.29 is 14.6 Å². The van der Waals surface area contributed by atoms with Gasteiger partial charge in [-0.3, -0.25) is 4.79 Å². The molecule has 23 heavy (non-hydrogen) atoms. The van der Waals surface area contributed by atoms with E-state index in [1.807, 2.05) is 30.3 Å². The van der Waals surface area contributed by atoms with E-state index in [1.54, 1.807) is 0 Å². The Morgan fingerprint density at radius 2 is 2.17 bits per heavy atom. The van der Waals surface area contributed by atoms with Crippen LogP contribution in [0.3, 0.4) is 0 Å². The zero-order valence-electron chi connectivity index (χ0n) is 13.0. The molecule has 1 saturated carbocycles. The van der Waals surface area contributed by atoms with Crippen LogP contribution in [0.2, 0.25) is 0 Å². The molecule has 1 unspecified atom stereocenters. The van der Waals surface area contributed by atoms with Gasteiger partial charge in [0.25, 0.3) is 0 Å². The van der Waals surface area contributed by atoms with Crippen LogP contribution in [-0.4, -0.2) is 30.3 Å². The molecule has 1 aliphatic rings. The highest BCUT2D eigenvalue weighted by Gasteiger charge is 2.24. The summed E-state index contributed by atoms with van der Waals surface area (Å²) in [4.78, 5) is 11.2. The van der Waals surface area contributed by atoms with E-state index in [4.69, 9.17) is 4.74 Å². The minimum Gasteiger partial charge on any atom is -0.490 e. The summed E-state index contributed by atoms with van der Waals surface area (Å²) in [7, 11) is 0. The Hall–Kier alpha value is -1.59. The van der Waals surface area contributed by atoms with E-state index in [-0.39, 0.29) is 18.4 Å². The van der Waals surface area contributed by atoms with Crippen molar-refractivity contribution in [3.8, 4) is 5.75 Å². The number of aliphatic hydroxyl groups excluding tert-OH is 1. The third kappa shape index (κ3) is 4.03. The van der Waals surface area contributed by atoms with Crippen LogP contribution >= 0.6 is 15.9 Å². The van der Waals surface area contributed by atoms with Crippen molar-refractivity contribution in [1.29, 1.82) is 0 Å². The van der Waals surface area contributed by atoms with Gasteiger partial charge in [-0.1, -0.05) is 22.0 Å². The van der Waals surface area contributed by atoms with Gasteiger partial charge in [-0.15, -0.1) is 0 Å². The van der Waals surface area contributed by atoms with Gasteiger partial charge in [0, 0.05) is 23.9 Å². The Morgan fingerprint density at radius 1 is 1.39 bits per heavy atom. The quantitative estimate of drug-likeness (QED) is 0.811. The number of fused-ring (bicyclic) bond motifs is 1. The predicted molar refractivity (Wildman–Crippen MR) is 93.8 cm³/mol. The van der Waals surface area contributed by atoms with E-state index in [1.165, 1.54) is 6.92 Å². The smallest absolute Gasteiger partial charge is 0.216 e. The summed E-state index contributed by atoms with van der Waals surface area (Å²) in [5, 5.41) is 14.7. The summed E-state index contributed by atoms with van der Waals surface area (Å²) < 4.78 is 6.84. The number of aliphatic hydroxyl groups is 1. The van der Waals surface area contributed by atoms with Gasteiger partial charge in [0.15, 0.2) is 0 Å². The summed E-state index contributed by atoms with van der Waals surface area (Å²) in [6, 6.07) is 10.1. The second-order valence-electron chi connectivity index (χ2n) is 6.01. The Bertz CT molecular complexity index is 728. The maximum Gasteiger partial charge on any atom is 0.216 e. The summed E-state index contributed by atoms with van der Waals surface area (Å²) in [5.74, 6) is 0.607. The third-order valence-corrected chi connectivity index (χ3v) is 4.47. The van der Waals surface area contributed by atoms with Crippen LogP contribution < -0.4 is 10.1 Å². The van der Waals surface area contributed by atoms with Gasteiger partial charge >= 0.3 is 0 Å². The van der Waals surface area contributed by atoms with Crippen molar-refractivity contribution in [2.45, 2.75) is 31.8 Å². The first-order valence-corrected chi connectivity index (χ1v) is 8.61. The normalized spacial score (nSPS) is 15.4. The SMILES string of the molecule is CC(=O)NCC(CO)c1cc(Br)cc2ccc(OC3CC3)cc12. The molecule has 2 aromatic rings. The molecule has 4 nitrogen and oxygen atoms in total. The summed E-state index contributed by atoms with van der Waals surface area (Å²) in [6.07, 6.45) is 2.58. The summed E-state index contributed by atoms with van der Waals surface area (Å²) >= 11 is 3.53. The monoisotopic (exact) mass is 377 g/mol. The first-order chi connectivity index (χ1) is 11.1. The lowest BCUT2D eigenvalue weighted by molar-refractivity contribution is -0.119. The maximum absolute atomic E-state index is 11.2. The molecule has 0 spiro atoms. The fourth-order valence-corrected chi connectivity index (χ4v) is 3.15. The highest BCUT2D eigenvalue weighted by atomic mass is 79.9. The van der Waals surface area contributed by atoms with Gasteiger partial charge in [-0.25, -0.2) is 0 Å². The number of hydrogen-bond acceptors (Lipinski definition) is 3. The van der Waals surface area contributed by atoms with E-state index in [2.05, 4.69) is 21.2 Å². The Morgan fingerprint density at radius 3 is 2.83 bits per heavy atom. The van der Waals surface area contributed by atoms with Crippen LogP contribution in [0.4, 0.5) is 0 Å². The van der Waals surface area contributed by atoms with Crippen molar-refractivity contribution >= 4 is 32.6 Å². The molecule has 2 N–H and O–H groups in total. The Kier molecular flexibility index (Phi) is 4.87. The van der Waals surface area contributed by atoms with Gasteiger partial charge in [0.05, 0.1) is 12.7 Å². The highest BCUT2D eigenvalue weighted by Crippen LogP contribution is 2.34. The average molecular weight is 378 g/mol. The number of nitrogens with one attached hydrogen (secondary N) is 1. The average Bonchev–Trinajstić information content (AvgIpc) is 3.32. The van der Waals surface area contributed by atoms with Crippen molar-refractivity contribution in [3.63, 3.8) is 0 Å². The topological polar surface area (TPSA) is 58.6 Å². The zero-order chi connectivity index (χ0) is 16.4. The third-order valence-electron chi connectivity index (χ3n) is 4.01. The lowest BCUT2D eigenvalue weighted by Gasteiger charge is -2.18. The molecule has 0 heterocycles. The van der Waals surface area contributed by atoms with Gasteiger partial charge in [0.1, 0.15) is 5.75 Å². The second-order valence-corrected chi connectivity index (χ2v) is 6.93. The largest absolute Gasteiger partial charge is 0.490 e. The molecular formula is C18H20BrNO3. The molecule has 122 valence electrons. The molecule has 1 aliphatic carbocycles. The molecule has 2 aromatic carbocycles. The number of carbonyl (C=O) groups excluding carboxylic acids is 1. The van der Waals surface area contributed by atoms with Crippen molar-refractivity contribution in [3.05, 3.63) is 40.4 Å². The standard InChI is InChI=1S/C18H20BrNO3/c1-11(22)20-9-13(10-21)17-7-14(19)6-12-2-3-16(8-18(12)17)23-15-4-5-15/h2-3,6-8,13,15,21H,4-5,9-10H2,1H3,(H,20,22). The van der Waals surface area contributed by atoms with Crippen LogP contribution in [0.25, 0.3) is 10.8 Å². The lowest BCUT2D eigenvalue weighted by Crippen LogP contribution is -2.27. The van der Waals surface area contributed by atoms with Crippen LogP contribution in [0.15, 0.2) is 34.8 Å². The van der Waals surface area contributed by atoms with Gasteiger partial charge in [-0.2, -0.15) is 0 Å². The molecule has 5 heteroatoms. The van der Waals surface area contributed by atoms with Crippen molar-refractivity contribution in [2.24, 2.45) is 0 Å². The Balaban J connectivity index is 1.99. The summed E-state index contributed by atoms with van der Waals surface area (Å²) in [6.45, 7) is 1.86. The Labute approximate surface area is 144 Å². The van der Waals surface area contributed by atoms with Gasteiger partial charge in [-0.05, 0) is 53.4 Å². The van der Waals surface area contributed by atoms with E-state index in [9.17, 15) is 9.90 Å². The van der Waals surface area contributed by atoms with Gasteiger partial charge < -0.3 is 15.2 Å². The van der Waals surface area contributed by atoms with E-state index in [0.717, 1.165) is 39.4 Å². The first-order valence-electron chi connectivity index (χ1n) is 7.82. The second kappa shape index (κ2) is 6.89. The number of halogens is 1. The molecule has 0 aromatic heterocycles. The molecule has 0 bridgehead atoms. The minimum absolute atomic E-state index is 0.0282. The number of benzene rings is 2. The highest BCUT2D eigenvalue weighted by molar-refractivity contribution is 9.10. The minimum atomic E-state index is -0.157. The maximum atomic E-state index is 11.2. The molecule has 0 radical (unpaired) electrons. The molecular weight excluding hydrogens is 358 g/mol. The first kappa shape index (κ1) is 16.3. The summed E-state index contributed by atoms with van der Waals surface area (Å²) in [5.41, 5.74) is 1.01. The van der Waals surface area contributed by atoms with Crippen LogP contribution in [0.1, 0.15) is 31.2 Å². The molecule has 0 saturated heterocycles. The zero-order valence-corrected chi connectivity index (χ0v) is 14.6. The molecule has 1 atom stereocenters. The van der Waals surface area contributed by atoms with E-state index >= 15 is 0 Å². The van der Waals surface area contributed by atoms with E-state index in [0.29, 0.717) is 12.6 Å². The van der Waals surface area contributed by atoms with Crippen molar-refractivity contribution in [2.75, 3.05) is 13.2 Å². The number of hydrogen-bond donors (Lipinski definition) is 2. The van der Waals surface area contributed by atoms with E-state index < -0.39 is 0 Å².